The molecule has 1 saturated heterocycles. The second-order valence-electron chi connectivity index (χ2n) is 6.44. The Morgan fingerprint density at radius 1 is 1.29 bits per heavy atom. The summed E-state index contributed by atoms with van der Waals surface area (Å²) in [4.78, 5) is 13.9. The summed E-state index contributed by atoms with van der Waals surface area (Å²) in [7, 11) is 0. The Morgan fingerprint density at radius 2 is 1.95 bits per heavy atom. The molecule has 4 N–H and O–H groups in total. The fraction of sp³-hybridized carbons (Fsp3) is 0.867. The molecule has 0 aromatic carbocycles. The van der Waals surface area contributed by atoms with E-state index in [1.165, 1.54) is 6.42 Å². The first-order chi connectivity index (χ1) is 9.97. The van der Waals surface area contributed by atoms with Crippen LogP contribution in [0, 0.1) is 5.41 Å². The highest BCUT2D eigenvalue weighted by molar-refractivity contribution is 5.85. The molecule has 0 saturated carbocycles. The fourth-order valence-electron chi connectivity index (χ4n) is 2.53. The standard InChI is InChI=1S/C15H30N4O2/c1-15(2,14(16)18-21)8-4-5-9-17-12-13(20)19-10-6-3-7-11-19/h17,21H,3-12H2,1-2H3,(H2,16,18). The zero-order chi connectivity index (χ0) is 15.7. The van der Waals surface area contributed by atoms with Crippen molar-refractivity contribution in [1.29, 1.82) is 0 Å². The van der Waals surface area contributed by atoms with Crippen LogP contribution in [0.2, 0.25) is 0 Å². The topological polar surface area (TPSA) is 91.0 Å². The van der Waals surface area contributed by atoms with Crippen LogP contribution in [-0.2, 0) is 4.79 Å². The number of hydrogen-bond donors (Lipinski definition) is 3. The van der Waals surface area contributed by atoms with Crippen molar-refractivity contribution in [2.45, 2.75) is 52.4 Å². The number of amidine groups is 1. The number of nitrogens with zero attached hydrogens (tertiary/aromatic N) is 2. The van der Waals surface area contributed by atoms with Gasteiger partial charge in [-0.05, 0) is 38.6 Å². The van der Waals surface area contributed by atoms with Crippen LogP contribution in [0.4, 0.5) is 0 Å². The number of likely N-dealkylation sites (tertiary alicyclic amines) is 1. The molecule has 0 aromatic rings. The summed E-state index contributed by atoms with van der Waals surface area (Å²) >= 11 is 0. The van der Waals surface area contributed by atoms with Crippen molar-refractivity contribution in [2.75, 3.05) is 26.2 Å². The molecule has 1 aliphatic heterocycles. The first-order valence-electron chi connectivity index (χ1n) is 7.94. The van der Waals surface area contributed by atoms with E-state index in [1.807, 2.05) is 18.7 Å². The first kappa shape index (κ1) is 17.8. The van der Waals surface area contributed by atoms with Gasteiger partial charge in [0.05, 0.1) is 6.54 Å². The van der Waals surface area contributed by atoms with E-state index < -0.39 is 0 Å². The molecule has 1 aliphatic rings. The summed E-state index contributed by atoms with van der Waals surface area (Å²) in [5, 5.41) is 15.0. The van der Waals surface area contributed by atoms with Gasteiger partial charge < -0.3 is 21.2 Å². The Morgan fingerprint density at radius 3 is 2.57 bits per heavy atom. The Hall–Kier alpha value is -1.30. The van der Waals surface area contributed by atoms with Crippen molar-refractivity contribution in [3.8, 4) is 0 Å². The Balaban J connectivity index is 2.08. The molecule has 0 bridgehead atoms. The van der Waals surface area contributed by atoms with Crippen LogP contribution in [0.15, 0.2) is 5.16 Å². The maximum absolute atomic E-state index is 11.9. The number of oxime groups is 1. The highest BCUT2D eigenvalue weighted by Gasteiger charge is 2.22. The average Bonchev–Trinajstić information content (AvgIpc) is 2.50. The van der Waals surface area contributed by atoms with E-state index >= 15 is 0 Å². The molecule has 6 nitrogen and oxygen atoms in total. The molecule has 0 unspecified atom stereocenters. The second-order valence-corrected chi connectivity index (χ2v) is 6.44. The number of carbonyl (C=O) groups is 1. The quantitative estimate of drug-likeness (QED) is 0.208. The Labute approximate surface area is 127 Å². The maximum Gasteiger partial charge on any atom is 0.236 e. The molecular weight excluding hydrogens is 268 g/mol. The number of piperidine rings is 1. The predicted molar refractivity (Wildman–Crippen MR) is 84.3 cm³/mol. The largest absolute Gasteiger partial charge is 0.409 e. The zero-order valence-electron chi connectivity index (χ0n) is 13.4. The molecule has 1 heterocycles. The summed E-state index contributed by atoms with van der Waals surface area (Å²) in [6.45, 7) is 7.02. The van der Waals surface area contributed by atoms with Gasteiger partial charge in [0, 0.05) is 18.5 Å². The lowest BCUT2D eigenvalue weighted by Crippen LogP contribution is -2.41. The van der Waals surface area contributed by atoms with Crippen LogP contribution in [0.25, 0.3) is 0 Å². The van der Waals surface area contributed by atoms with Gasteiger partial charge in [-0.15, -0.1) is 0 Å². The van der Waals surface area contributed by atoms with Crippen LogP contribution in [0.3, 0.4) is 0 Å². The number of amides is 1. The minimum absolute atomic E-state index is 0.215. The SMILES string of the molecule is CC(C)(CCCCNCC(=O)N1CCCCC1)C(N)=NO. The Bertz CT molecular complexity index is 350. The minimum atomic E-state index is -0.279. The van der Waals surface area contributed by atoms with Gasteiger partial charge in [-0.3, -0.25) is 4.79 Å². The highest BCUT2D eigenvalue weighted by atomic mass is 16.4. The summed E-state index contributed by atoms with van der Waals surface area (Å²) in [6, 6.07) is 0. The number of unbranched alkanes of at least 4 members (excludes halogenated alkanes) is 1. The first-order valence-corrected chi connectivity index (χ1v) is 7.94. The molecular formula is C15H30N4O2. The Kier molecular flexibility index (Phi) is 7.50. The smallest absolute Gasteiger partial charge is 0.236 e. The molecule has 0 aliphatic carbocycles. The molecule has 1 rings (SSSR count). The molecule has 0 atom stereocenters. The van der Waals surface area contributed by atoms with Gasteiger partial charge in [-0.1, -0.05) is 25.4 Å². The normalized spacial score (nSPS) is 17.0. The van der Waals surface area contributed by atoms with E-state index in [4.69, 9.17) is 10.9 Å². The number of nitrogens with one attached hydrogen (secondary N) is 1. The number of nitrogens with two attached hydrogens (primary N) is 1. The fourth-order valence-corrected chi connectivity index (χ4v) is 2.53. The molecule has 122 valence electrons. The van der Waals surface area contributed by atoms with Gasteiger partial charge >= 0.3 is 0 Å². The summed E-state index contributed by atoms with van der Waals surface area (Å²) < 4.78 is 0. The lowest BCUT2D eigenvalue weighted by atomic mass is 9.86. The summed E-state index contributed by atoms with van der Waals surface area (Å²) in [6.07, 6.45) is 6.34. The third kappa shape index (κ3) is 6.33. The van der Waals surface area contributed by atoms with E-state index in [0.29, 0.717) is 6.54 Å². The van der Waals surface area contributed by atoms with Crippen molar-refractivity contribution in [3.05, 3.63) is 0 Å². The third-order valence-electron chi connectivity index (χ3n) is 4.19. The van der Waals surface area contributed by atoms with Crippen molar-refractivity contribution in [2.24, 2.45) is 16.3 Å². The minimum Gasteiger partial charge on any atom is -0.409 e. The van der Waals surface area contributed by atoms with Crippen LogP contribution in [-0.4, -0.2) is 48.0 Å². The van der Waals surface area contributed by atoms with Gasteiger partial charge in [-0.25, -0.2) is 0 Å². The van der Waals surface area contributed by atoms with E-state index in [1.54, 1.807) is 0 Å². The van der Waals surface area contributed by atoms with Crippen molar-refractivity contribution < 1.29 is 10.0 Å². The molecule has 1 amide bonds. The summed E-state index contributed by atoms with van der Waals surface area (Å²) in [5.74, 6) is 0.488. The molecule has 21 heavy (non-hydrogen) atoms. The van der Waals surface area contributed by atoms with Gasteiger partial charge in [0.15, 0.2) is 0 Å². The number of hydrogen-bond acceptors (Lipinski definition) is 4. The van der Waals surface area contributed by atoms with Crippen LogP contribution < -0.4 is 11.1 Å². The van der Waals surface area contributed by atoms with Crippen LogP contribution in [0.5, 0.6) is 0 Å². The monoisotopic (exact) mass is 298 g/mol. The summed E-state index contributed by atoms with van der Waals surface area (Å²) in [5.41, 5.74) is 5.37. The maximum atomic E-state index is 11.9. The number of carbonyl (C=O) groups excluding carboxylic acids is 1. The second kappa shape index (κ2) is 8.87. The number of rotatable bonds is 8. The van der Waals surface area contributed by atoms with E-state index in [2.05, 4.69) is 10.5 Å². The van der Waals surface area contributed by atoms with Gasteiger partial charge in [0.1, 0.15) is 5.84 Å². The zero-order valence-corrected chi connectivity index (χ0v) is 13.4. The molecule has 6 heteroatoms. The molecule has 1 fully saturated rings. The lowest BCUT2D eigenvalue weighted by Gasteiger charge is -2.26. The van der Waals surface area contributed by atoms with Gasteiger partial charge in [0.25, 0.3) is 0 Å². The molecule has 0 spiro atoms. The van der Waals surface area contributed by atoms with Crippen molar-refractivity contribution >= 4 is 11.7 Å². The lowest BCUT2D eigenvalue weighted by molar-refractivity contribution is -0.131. The van der Waals surface area contributed by atoms with Crippen molar-refractivity contribution in [3.63, 3.8) is 0 Å². The third-order valence-corrected chi connectivity index (χ3v) is 4.19. The van der Waals surface area contributed by atoms with Crippen molar-refractivity contribution in [1.82, 2.24) is 10.2 Å². The highest BCUT2D eigenvalue weighted by Crippen LogP contribution is 2.23. The van der Waals surface area contributed by atoms with Gasteiger partial charge in [-0.2, -0.15) is 0 Å². The molecule has 0 aromatic heterocycles. The van der Waals surface area contributed by atoms with E-state index in [-0.39, 0.29) is 17.2 Å². The van der Waals surface area contributed by atoms with E-state index in [0.717, 1.165) is 51.7 Å². The molecule has 0 radical (unpaired) electrons. The van der Waals surface area contributed by atoms with Gasteiger partial charge in [0.2, 0.25) is 5.91 Å². The average molecular weight is 298 g/mol. The van der Waals surface area contributed by atoms with Crippen LogP contribution >= 0.6 is 0 Å². The van der Waals surface area contributed by atoms with Crippen LogP contribution in [0.1, 0.15) is 52.4 Å². The predicted octanol–water partition coefficient (Wildman–Crippen LogP) is 1.53. The van der Waals surface area contributed by atoms with E-state index in [9.17, 15) is 4.79 Å².